The molecule has 0 unspecified atom stereocenters. The molecule has 0 fully saturated rings. The molecule has 1 amide bonds. The van der Waals surface area contributed by atoms with Crippen molar-refractivity contribution < 1.29 is 9.53 Å². The molecule has 6 nitrogen and oxygen atoms in total. The van der Waals surface area contributed by atoms with Gasteiger partial charge in [0.1, 0.15) is 5.75 Å². The summed E-state index contributed by atoms with van der Waals surface area (Å²) in [6.07, 6.45) is 0. The van der Waals surface area contributed by atoms with E-state index in [1.807, 2.05) is 64.1 Å². The number of hydrogen-bond acceptors (Lipinski definition) is 4. The van der Waals surface area contributed by atoms with Gasteiger partial charge in [-0.3, -0.25) is 4.79 Å². The Morgan fingerprint density at radius 2 is 1.81 bits per heavy atom. The predicted octanol–water partition coefficient (Wildman–Crippen LogP) is 3.87. The van der Waals surface area contributed by atoms with Crippen LogP contribution in [0.2, 0.25) is 0 Å². The van der Waals surface area contributed by atoms with E-state index in [0.717, 1.165) is 28.3 Å². The second-order valence-corrected chi connectivity index (χ2v) is 6.53. The number of aryl methyl sites for hydroxylation is 2. The second kappa shape index (κ2) is 7.61. The third kappa shape index (κ3) is 3.69. The molecular formula is C21H24N4O2. The van der Waals surface area contributed by atoms with Crippen molar-refractivity contribution in [3.8, 4) is 11.4 Å². The lowest BCUT2D eigenvalue weighted by Gasteiger charge is -2.21. The maximum Gasteiger partial charge on any atom is 0.280 e. The van der Waals surface area contributed by atoms with Crippen molar-refractivity contribution in [2.45, 2.75) is 27.7 Å². The quantitative estimate of drug-likeness (QED) is 0.690. The number of benzene rings is 2. The summed E-state index contributed by atoms with van der Waals surface area (Å²) in [6, 6.07) is 13.6. The zero-order chi connectivity index (χ0) is 19.6. The summed E-state index contributed by atoms with van der Waals surface area (Å²) in [5.41, 5.74) is 4.94. The van der Waals surface area contributed by atoms with Gasteiger partial charge in [0.25, 0.3) is 5.91 Å². The molecular weight excluding hydrogens is 340 g/mol. The first-order chi connectivity index (χ1) is 12.9. The monoisotopic (exact) mass is 364 g/mol. The van der Waals surface area contributed by atoms with Gasteiger partial charge in [0.05, 0.1) is 18.5 Å². The highest BCUT2D eigenvalue weighted by Gasteiger charge is 2.23. The third-order valence-electron chi connectivity index (χ3n) is 4.47. The molecule has 3 aromatic rings. The number of ether oxygens (including phenoxy) is 1. The number of hydrogen-bond donors (Lipinski definition) is 0. The van der Waals surface area contributed by atoms with Crippen LogP contribution in [0.3, 0.4) is 0 Å². The van der Waals surface area contributed by atoms with Crippen molar-refractivity contribution in [3.05, 3.63) is 65.0 Å². The summed E-state index contributed by atoms with van der Waals surface area (Å²) in [5, 5.41) is 8.36. The third-order valence-corrected chi connectivity index (χ3v) is 4.47. The van der Waals surface area contributed by atoms with Crippen LogP contribution in [0.15, 0.2) is 42.5 Å². The van der Waals surface area contributed by atoms with E-state index < -0.39 is 0 Å². The summed E-state index contributed by atoms with van der Waals surface area (Å²) in [5.74, 6) is 0.565. The van der Waals surface area contributed by atoms with Crippen molar-refractivity contribution in [1.82, 2.24) is 15.0 Å². The normalized spacial score (nSPS) is 10.7. The molecule has 0 spiro atoms. The molecule has 140 valence electrons. The van der Waals surface area contributed by atoms with Crippen LogP contribution in [-0.4, -0.2) is 34.6 Å². The molecule has 27 heavy (non-hydrogen) atoms. The molecule has 0 aliphatic carbocycles. The van der Waals surface area contributed by atoms with E-state index >= 15 is 0 Å². The van der Waals surface area contributed by atoms with Gasteiger partial charge >= 0.3 is 0 Å². The molecule has 1 heterocycles. The van der Waals surface area contributed by atoms with Crippen molar-refractivity contribution >= 4 is 11.6 Å². The number of nitrogens with zero attached hydrogens (tertiary/aromatic N) is 4. The fourth-order valence-corrected chi connectivity index (χ4v) is 3.19. The van der Waals surface area contributed by atoms with Gasteiger partial charge in [-0.1, -0.05) is 17.3 Å². The highest BCUT2D eigenvalue weighted by Crippen LogP contribution is 2.23. The molecule has 0 saturated carbocycles. The molecule has 2 aromatic carbocycles. The Hall–Kier alpha value is -3.15. The van der Waals surface area contributed by atoms with Gasteiger partial charge in [-0.05, 0) is 63.1 Å². The summed E-state index contributed by atoms with van der Waals surface area (Å²) in [6.45, 7) is 8.41. The van der Waals surface area contributed by atoms with Gasteiger partial charge in [0, 0.05) is 18.3 Å². The van der Waals surface area contributed by atoms with E-state index in [9.17, 15) is 4.79 Å². The highest BCUT2D eigenvalue weighted by molar-refractivity contribution is 6.05. The Morgan fingerprint density at radius 3 is 2.44 bits per heavy atom. The molecule has 6 heteroatoms. The molecule has 0 atom stereocenters. The molecule has 0 radical (unpaired) electrons. The molecule has 0 aliphatic heterocycles. The van der Waals surface area contributed by atoms with Crippen molar-refractivity contribution in [3.63, 3.8) is 0 Å². The Bertz CT molecular complexity index is 958. The second-order valence-electron chi connectivity index (χ2n) is 6.53. The van der Waals surface area contributed by atoms with E-state index in [4.69, 9.17) is 4.74 Å². The number of amides is 1. The van der Waals surface area contributed by atoms with E-state index in [1.165, 1.54) is 0 Å². The molecule has 3 rings (SSSR count). The van der Waals surface area contributed by atoms with Crippen LogP contribution in [0, 0.1) is 20.8 Å². The number of methoxy groups -OCH3 is 1. The van der Waals surface area contributed by atoms with Gasteiger partial charge < -0.3 is 9.64 Å². The average molecular weight is 364 g/mol. The lowest BCUT2D eigenvalue weighted by molar-refractivity contribution is 0.0983. The Labute approximate surface area is 159 Å². The van der Waals surface area contributed by atoms with Crippen molar-refractivity contribution in [2.24, 2.45) is 0 Å². The summed E-state index contributed by atoms with van der Waals surface area (Å²) >= 11 is 0. The number of anilines is 1. The zero-order valence-corrected chi connectivity index (χ0v) is 16.4. The topological polar surface area (TPSA) is 60.2 Å². The highest BCUT2D eigenvalue weighted by atomic mass is 16.5. The molecule has 0 saturated heterocycles. The minimum Gasteiger partial charge on any atom is -0.497 e. The largest absolute Gasteiger partial charge is 0.497 e. The molecule has 1 aromatic heterocycles. The predicted molar refractivity (Wildman–Crippen MR) is 106 cm³/mol. The van der Waals surface area contributed by atoms with Crippen LogP contribution in [0.25, 0.3) is 5.69 Å². The molecule has 0 bridgehead atoms. The van der Waals surface area contributed by atoms with E-state index in [-0.39, 0.29) is 5.91 Å². The number of rotatable bonds is 5. The number of carbonyl (C=O) groups is 1. The van der Waals surface area contributed by atoms with Crippen LogP contribution in [0.5, 0.6) is 5.75 Å². The Morgan fingerprint density at radius 1 is 1.11 bits per heavy atom. The van der Waals surface area contributed by atoms with Crippen LogP contribution in [0.1, 0.15) is 34.2 Å². The van der Waals surface area contributed by atoms with Crippen LogP contribution in [0.4, 0.5) is 5.69 Å². The van der Waals surface area contributed by atoms with E-state index in [2.05, 4.69) is 16.4 Å². The Balaban J connectivity index is 1.98. The number of carbonyl (C=O) groups excluding carboxylic acids is 1. The first-order valence-corrected chi connectivity index (χ1v) is 8.91. The van der Waals surface area contributed by atoms with Crippen LogP contribution in [-0.2, 0) is 0 Å². The van der Waals surface area contributed by atoms with Gasteiger partial charge in [-0.15, -0.1) is 5.10 Å². The minimum absolute atomic E-state index is 0.158. The smallest absolute Gasteiger partial charge is 0.280 e. The SMILES string of the molecule is CCN(C(=O)c1nnn(-c2cccc(OC)c2)c1C)c1cc(C)cc(C)c1. The van der Waals surface area contributed by atoms with Gasteiger partial charge in [0.2, 0.25) is 0 Å². The maximum absolute atomic E-state index is 13.2. The fraction of sp³-hybridized carbons (Fsp3) is 0.286. The van der Waals surface area contributed by atoms with E-state index in [0.29, 0.717) is 17.9 Å². The standard InChI is InChI=1S/C21H24N4O2/c1-6-24(18-11-14(2)10-15(3)12-18)21(26)20-16(4)25(23-22-20)17-8-7-9-19(13-17)27-5/h7-13H,6H2,1-5H3. The first kappa shape index (κ1) is 18.6. The van der Waals surface area contributed by atoms with Crippen LogP contribution < -0.4 is 9.64 Å². The number of aromatic nitrogens is 3. The van der Waals surface area contributed by atoms with E-state index in [1.54, 1.807) is 16.7 Å². The Kier molecular flexibility index (Phi) is 5.26. The van der Waals surface area contributed by atoms with Crippen molar-refractivity contribution in [1.29, 1.82) is 0 Å². The maximum atomic E-state index is 13.2. The van der Waals surface area contributed by atoms with Crippen molar-refractivity contribution in [2.75, 3.05) is 18.6 Å². The first-order valence-electron chi connectivity index (χ1n) is 8.91. The average Bonchev–Trinajstić information content (AvgIpc) is 3.03. The zero-order valence-electron chi connectivity index (χ0n) is 16.4. The minimum atomic E-state index is -0.158. The van der Waals surface area contributed by atoms with Gasteiger partial charge in [-0.2, -0.15) is 0 Å². The van der Waals surface area contributed by atoms with Crippen LogP contribution >= 0.6 is 0 Å². The lowest BCUT2D eigenvalue weighted by atomic mass is 10.1. The summed E-state index contributed by atoms with van der Waals surface area (Å²) in [7, 11) is 1.62. The van der Waals surface area contributed by atoms with Gasteiger partial charge in [0.15, 0.2) is 5.69 Å². The summed E-state index contributed by atoms with van der Waals surface area (Å²) in [4.78, 5) is 14.9. The molecule has 0 N–H and O–H groups in total. The summed E-state index contributed by atoms with van der Waals surface area (Å²) < 4.78 is 6.93. The van der Waals surface area contributed by atoms with Gasteiger partial charge in [-0.25, -0.2) is 4.68 Å². The molecule has 0 aliphatic rings. The fourth-order valence-electron chi connectivity index (χ4n) is 3.19. The lowest BCUT2D eigenvalue weighted by Crippen LogP contribution is -2.31.